The van der Waals surface area contributed by atoms with Gasteiger partial charge in [-0.05, 0) is 30.7 Å². The van der Waals surface area contributed by atoms with Gasteiger partial charge >= 0.3 is 0 Å². The molecule has 0 saturated carbocycles. The number of nitrogens with zero attached hydrogens (tertiary/aromatic N) is 2. The van der Waals surface area contributed by atoms with E-state index in [-0.39, 0.29) is 5.91 Å². The van der Waals surface area contributed by atoms with Gasteiger partial charge in [0.05, 0.1) is 0 Å². The van der Waals surface area contributed by atoms with E-state index in [0.717, 1.165) is 19.4 Å². The minimum Gasteiger partial charge on any atom is -0.431 e. The molecule has 106 valence electrons. The Labute approximate surface area is 123 Å². The number of hydrogen-bond acceptors (Lipinski definition) is 4. The van der Waals surface area contributed by atoms with Crippen LogP contribution >= 0.6 is 11.3 Å². The summed E-state index contributed by atoms with van der Waals surface area (Å²) < 4.78 is 5.56. The Balaban J connectivity index is 1.98. The number of benzene rings is 1. The zero-order valence-corrected chi connectivity index (χ0v) is 12.5. The van der Waals surface area contributed by atoms with Crippen molar-refractivity contribution < 1.29 is 9.53 Å². The first-order valence-electron chi connectivity index (χ1n) is 6.63. The van der Waals surface area contributed by atoms with Crippen molar-refractivity contribution in [1.82, 2.24) is 9.88 Å². The van der Waals surface area contributed by atoms with E-state index in [1.807, 2.05) is 12.4 Å². The van der Waals surface area contributed by atoms with Gasteiger partial charge in [-0.1, -0.05) is 24.7 Å². The predicted octanol–water partition coefficient (Wildman–Crippen LogP) is 3.81. The summed E-state index contributed by atoms with van der Waals surface area (Å²) in [5.41, 5.74) is 0.676. The maximum Gasteiger partial charge on any atom is 0.278 e. The average Bonchev–Trinajstić information content (AvgIpc) is 2.97. The standard InChI is InChI=1S/C15H18N2O2S/c1-3-4-10-17(2)14(18)12-5-7-13(8-6-12)19-15-16-9-11-20-15/h5-9,11H,3-4,10H2,1-2H3. The molecule has 1 aromatic carbocycles. The third-order valence-electron chi connectivity index (χ3n) is 2.91. The molecule has 0 radical (unpaired) electrons. The molecule has 0 unspecified atom stereocenters. The van der Waals surface area contributed by atoms with Crippen molar-refractivity contribution in [3.05, 3.63) is 41.4 Å². The molecule has 0 aliphatic heterocycles. The second-order valence-electron chi connectivity index (χ2n) is 4.50. The van der Waals surface area contributed by atoms with Gasteiger partial charge in [0.15, 0.2) is 0 Å². The summed E-state index contributed by atoms with van der Waals surface area (Å²) in [6, 6.07) is 7.16. The molecule has 0 aliphatic rings. The van der Waals surface area contributed by atoms with Gasteiger partial charge < -0.3 is 9.64 Å². The fraction of sp³-hybridized carbons (Fsp3) is 0.333. The quantitative estimate of drug-likeness (QED) is 0.812. The van der Waals surface area contributed by atoms with Gasteiger partial charge in [-0.25, -0.2) is 4.98 Å². The van der Waals surface area contributed by atoms with Crippen LogP contribution in [0.4, 0.5) is 0 Å². The summed E-state index contributed by atoms with van der Waals surface area (Å²) in [7, 11) is 1.83. The van der Waals surface area contributed by atoms with Crippen LogP contribution in [0.3, 0.4) is 0 Å². The van der Waals surface area contributed by atoms with Gasteiger partial charge in [0.2, 0.25) is 0 Å². The lowest BCUT2D eigenvalue weighted by Gasteiger charge is -2.16. The number of unbranched alkanes of at least 4 members (excludes halogenated alkanes) is 1. The number of thiazole rings is 1. The summed E-state index contributed by atoms with van der Waals surface area (Å²) in [4.78, 5) is 18.0. The minimum absolute atomic E-state index is 0.0410. The van der Waals surface area contributed by atoms with Gasteiger partial charge in [-0.15, -0.1) is 0 Å². The normalized spacial score (nSPS) is 10.3. The molecule has 1 amide bonds. The summed E-state index contributed by atoms with van der Waals surface area (Å²) in [6.45, 7) is 2.90. The van der Waals surface area contributed by atoms with Gasteiger partial charge in [-0.3, -0.25) is 4.79 Å². The maximum absolute atomic E-state index is 12.2. The zero-order valence-electron chi connectivity index (χ0n) is 11.7. The number of hydrogen-bond donors (Lipinski definition) is 0. The molecular formula is C15H18N2O2S. The number of rotatable bonds is 6. The molecule has 1 heterocycles. The van der Waals surface area contributed by atoms with Crippen molar-refractivity contribution in [1.29, 1.82) is 0 Å². The van der Waals surface area contributed by atoms with E-state index in [1.54, 1.807) is 35.4 Å². The van der Waals surface area contributed by atoms with Gasteiger partial charge in [-0.2, -0.15) is 0 Å². The van der Waals surface area contributed by atoms with Crippen LogP contribution in [-0.2, 0) is 0 Å². The Hall–Kier alpha value is -1.88. The lowest BCUT2D eigenvalue weighted by atomic mass is 10.2. The smallest absolute Gasteiger partial charge is 0.278 e. The summed E-state index contributed by atoms with van der Waals surface area (Å²) in [5, 5.41) is 2.46. The molecule has 0 aliphatic carbocycles. The van der Waals surface area contributed by atoms with Gasteiger partial charge in [0, 0.05) is 30.7 Å². The Kier molecular flexibility index (Phi) is 5.12. The van der Waals surface area contributed by atoms with E-state index in [4.69, 9.17) is 4.74 Å². The fourth-order valence-electron chi connectivity index (χ4n) is 1.74. The molecule has 0 atom stereocenters. The summed E-state index contributed by atoms with van der Waals surface area (Å²) >= 11 is 1.43. The van der Waals surface area contributed by atoms with Crippen molar-refractivity contribution in [2.75, 3.05) is 13.6 Å². The molecule has 20 heavy (non-hydrogen) atoms. The van der Waals surface area contributed by atoms with Crippen molar-refractivity contribution in [2.24, 2.45) is 0 Å². The van der Waals surface area contributed by atoms with Crippen LogP contribution in [0.5, 0.6) is 10.9 Å². The van der Waals surface area contributed by atoms with Crippen LogP contribution in [0.15, 0.2) is 35.8 Å². The molecular weight excluding hydrogens is 272 g/mol. The number of carbonyl (C=O) groups is 1. The number of aromatic nitrogens is 1. The maximum atomic E-state index is 12.2. The van der Waals surface area contributed by atoms with E-state index < -0.39 is 0 Å². The SMILES string of the molecule is CCCCN(C)C(=O)c1ccc(Oc2nccs2)cc1. The van der Waals surface area contributed by atoms with E-state index in [0.29, 0.717) is 16.5 Å². The van der Waals surface area contributed by atoms with E-state index in [9.17, 15) is 4.79 Å². The molecule has 2 aromatic rings. The summed E-state index contributed by atoms with van der Waals surface area (Å²) in [5.74, 6) is 0.729. The lowest BCUT2D eigenvalue weighted by molar-refractivity contribution is 0.0793. The fourth-order valence-corrected chi connectivity index (χ4v) is 2.25. The van der Waals surface area contributed by atoms with E-state index in [1.165, 1.54) is 11.3 Å². The molecule has 0 spiro atoms. The highest BCUT2D eigenvalue weighted by Crippen LogP contribution is 2.23. The van der Waals surface area contributed by atoms with E-state index >= 15 is 0 Å². The van der Waals surface area contributed by atoms with Crippen LogP contribution in [-0.4, -0.2) is 29.4 Å². The lowest BCUT2D eigenvalue weighted by Crippen LogP contribution is -2.27. The molecule has 5 heteroatoms. The Morgan fingerprint density at radius 2 is 2.10 bits per heavy atom. The van der Waals surface area contributed by atoms with Crippen molar-refractivity contribution in [3.8, 4) is 10.9 Å². The first-order valence-corrected chi connectivity index (χ1v) is 7.51. The van der Waals surface area contributed by atoms with E-state index in [2.05, 4.69) is 11.9 Å². The number of carbonyl (C=O) groups excluding carboxylic acids is 1. The molecule has 0 bridgehead atoms. The molecule has 0 N–H and O–H groups in total. The van der Waals surface area contributed by atoms with Gasteiger partial charge in [0.1, 0.15) is 5.75 Å². The minimum atomic E-state index is 0.0410. The highest BCUT2D eigenvalue weighted by molar-refractivity contribution is 7.11. The number of amides is 1. The first kappa shape index (κ1) is 14.5. The zero-order chi connectivity index (χ0) is 14.4. The Morgan fingerprint density at radius 1 is 1.35 bits per heavy atom. The molecule has 0 saturated heterocycles. The Morgan fingerprint density at radius 3 is 2.70 bits per heavy atom. The molecule has 1 aromatic heterocycles. The van der Waals surface area contributed by atoms with Crippen LogP contribution in [0.25, 0.3) is 0 Å². The average molecular weight is 290 g/mol. The highest BCUT2D eigenvalue weighted by Gasteiger charge is 2.11. The largest absolute Gasteiger partial charge is 0.431 e. The second kappa shape index (κ2) is 7.05. The summed E-state index contributed by atoms with van der Waals surface area (Å²) in [6.07, 6.45) is 3.80. The number of ether oxygens (including phenoxy) is 1. The monoisotopic (exact) mass is 290 g/mol. The first-order chi connectivity index (χ1) is 9.70. The van der Waals surface area contributed by atoms with Gasteiger partial charge in [0.25, 0.3) is 11.1 Å². The molecule has 0 fully saturated rings. The van der Waals surface area contributed by atoms with Crippen LogP contribution in [0.1, 0.15) is 30.1 Å². The Bertz CT molecular complexity index is 538. The van der Waals surface area contributed by atoms with Crippen molar-refractivity contribution >= 4 is 17.2 Å². The highest BCUT2D eigenvalue weighted by atomic mass is 32.1. The predicted molar refractivity (Wildman–Crippen MR) is 80.5 cm³/mol. The molecule has 4 nitrogen and oxygen atoms in total. The molecule has 2 rings (SSSR count). The van der Waals surface area contributed by atoms with Crippen LogP contribution < -0.4 is 4.74 Å². The van der Waals surface area contributed by atoms with Crippen LogP contribution in [0, 0.1) is 0 Å². The van der Waals surface area contributed by atoms with Crippen LogP contribution in [0.2, 0.25) is 0 Å². The third-order valence-corrected chi connectivity index (χ3v) is 3.56. The third kappa shape index (κ3) is 3.81. The van der Waals surface area contributed by atoms with Crippen molar-refractivity contribution in [3.63, 3.8) is 0 Å². The topological polar surface area (TPSA) is 42.4 Å². The second-order valence-corrected chi connectivity index (χ2v) is 5.36. The van der Waals surface area contributed by atoms with Crippen molar-refractivity contribution in [2.45, 2.75) is 19.8 Å².